The van der Waals surface area contributed by atoms with E-state index in [1.165, 1.54) is 19.3 Å². The van der Waals surface area contributed by atoms with Crippen LogP contribution in [-0.4, -0.2) is 23.4 Å². The summed E-state index contributed by atoms with van der Waals surface area (Å²) in [4.78, 5) is 12.3. The third kappa shape index (κ3) is 4.98. The molecule has 0 bridgehead atoms. The zero-order chi connectivity index (χ0) is 14.4. The Kier molecular flexibility index (Phi) is 6.17. The zero-order valence-corrected chi connectivity index (χ0v) is 13.6. The summed E-state index contributed by atoms with van der Waals surface area (Å²) >= 11 is 9.46. The van der Waals surface area contributed by atoms with Crippen LogP contribution in [0.5, 0.6) is 5.75 Å². The number of hydrogen-bond donors (Lipinski definition) is 1. The van der Waals surface area contributed by atoms with Gasteiger partial charge in [0, 0.05) is 15.9 Å². The highest BCUT2D eigenvalue weighted by Gasteiger charge is 2.22. The van der Waals surface area contributed by atoms with Crippen LogP contribution >= 0.6 is 27.5 Å². The number of amides is 1. The lowest BCUT2D eigenvalue weighted by Gasteiger charge is -2.21. The smallest absolute Gasteiger partial charge is 0.258 e. The Hall–Kier alpha value is -0.740. The molecule has 0 spiro atoms. The molecule has 1 aliphatic rings. The van der Waals surface area contributed by atoms with Crippen LogP contribution in [0.25, 0.3) is 0 Å². The van der Waals surface area contributed by atoms with Crippen LogP contribution in [0.4, 0.5) is 0 Å². The Morgan fingerprint density at radius 3 is 2.70 bits per heavy atom. The minimum atomic E-state index is -0.0729. The van der Waals surface area contributed by atoms with Crippen molar-refractivity contribution in [2.75, 3.05) is 6.61 Å². The molecule has 1 aromatic rings. The van der Waals surface area contributed by atoms with E-state index in [0.29, 0.717) is 15.6 Å². The molecule has 1 saturated carbocycles. The summed E-state index contributed by atoms with van der Waals surface area (Å²) in [5.41, 5.74) is 0. The summed E-state index contributed by atoms with van der Waals surface area (Å²) in [6.45, 7) is 0.0395. The Bertz CT molecular complexity index is 438. The predicted molar refractivity (Wildman–Crippen MR) is 84.7 cm³/mol. The second-order valence-corrected chi connectivity index (χ2v) is 6.68. The fourth-order valence-electron chi connectivity index (χ4n) is 2.35. The molecule has 20 heavy (non-hydrogen) atoms. The minimum absolute atomic E-state index is 0.0395. The number of alkyl halides is 1. The molecule has 0 aliphatic heterocycles. The molecule has 0 aromatic heterocycles. The van der Waals surface area contributed by atoms with Crippen molar-refractivity contribution in [2.24, 2.45) is 0 Å². The first kappa shape index (κ1) is 15.6. The summed E-state index contributed by atoms with van der Waals surface area (Å²) in [5.74, 6) is 0.581. The molecular weight excluding hydrogens is 342 g/mol. The second kappa shape index (κ2) is 7.89. The van der Waals surface area contributed by atoms with Crippen LogP contribution in [0, 0.1) is 0 Å². The molecule has 0 heterocycles. The van der Waals surface area contributed by atoms with Gasteiger partial charge in [0.1, 0.15) is 5.75 Å². The van der Waals surface area contributed by atoms with Gasteiger partial charge in [0.15, 0.2) is 6.61 Å². The van der Waals surface area contributed by atoms with Crippen molar-refractivity contribution in [3.63, 3.8) is 0 Å². The molecule has 0 radical (unpaired) electrons. The van der Waals surface area contributed by atoms with Gasteiger partial charge in [-0.25, -0.2) is 0 Å². The van der Waals surface area contributed by atoms with Crippen LogP contribution in [0.2, 0.25) is 5.02 Å². The third-order valence-electron chi connectivity index (χ3n) is 3.46. The number of hydrogen-bond acceptors (Lipinski definition) is 2. The maximum Gasteiger partial charge on any atom is 0.258 e. The van der Waals surface area contributed by atoms with Gasteiger partial charge in [0.25, 0.3) is 5.91 Å². The quantitative estimate of drug-likeness (QED) is 0.652. The molecule has 2 atom stereocenters. The highest BCUT2D eigenvalue weighted by Crippen LogP contribution is 2.23. The van der Waals surface area contributed by atoms with Crippen molar-refractivity contribution in [3.05, 3.63) is 29.3 Å². The van der Waals surface area contributed by atoms with Crippen molar-refractivity contribution < 1.29 is 9.53 Å². The van der Waals surface area contributed by atoms with Crippen molar-refractivity contribution in [1.82, 2.24) is 5.32 Å². The summed E-state index contributed by atoms with van der Waals surface area (Å²) in [6.07, 6.45) is 5.79. The van der Waals surface area contributed by atoms with Crippen LogP contribution in [-0.2, 0) is 4.79 Å². The van der Waals surface area contributed by atoms with Crippen molar-refractivity contribution in [3.8, 4) is 5.75 Å². The number of ether oxygens (including phenoxy) is 1. The van der Waals surface area contributed by atoms with E-state index in [9.17, 15) is 4.79 Å². The number of rotatable bonds is 4. The van der Waals surface area contributed by atoms with E-state index in [4.69, 9.17) is 16.3 Å². The van der Waals surface area contributed by atoms with Gasteiger partial charge in [-0.15, -0.1) is 0 Å². The van der Waals surface area contributed by atoms with E-state index in [1.807, 2.05) is 0 Å². The molecule has 1 aromatic carbocycles. The molecule has 3 nitrogen and oxygen atoms in total. The molecule has 0 saturated heterocycles. The average molecular weight is 361 g/mol. The maximum atomic E-state index is 11.9. The van der Waals surface area contributed by atoms with E-state index in [1.54, 1.807) is 24.3 Å². The van der Waals surface area contributed by atoms with Crippen molar-refractivity contribution in [1.29, 1.82) is 0 Å². The van der Waals surface area contributed by atoms with Gasteiger partial charge >= 0.3 is 0 Å². The van der Waals surface area contributed by atoms with E-state index >= 15 is 0 Å². The number of benzene rings is 1. The molecular formula is C15H19BrClNO2. The topological polar surface area (TPSA) is 38.3 Å². The van der Waals surface area contributed by atoms with Gasteiger partial charge in [0.2, 0.25) is 0 Å². The van der Waals surface area contributed by atoms with E-state index in [2.05, 4.69) is 21.2 Å². The molecule has 1 fully saturated rings. The SMILES string of the molecule is O=C(COc1ccc(Cl)cc1)NC1CCCCCC1Br. The molecule has 1 amide bonds. The highest BCUT2D eigenvalue weighted by atomic mass is 79.9. The van der Waals surface area contributed by atoms with Gasteiger partial charge in [-0.3, -0.25) is 4.79 Å². The minimum Gasteiger partial charge on any atom is -0.484 e. The first-order valence-electron chi connectivity index (χ1n) is 6.97. The van der Waals surface area contributed by atoms with Gasteiger partial charge in [-0.2, -0.15) is 0 Å². The Balaban J connectivity index is 1.78. The number of nitrogens with one attached hydrogen (secondary N) is 1. The largest absolute Gasteiger partial charge is 0.484 e. The summed E-state index contributed by atoms with van der Waals surface area (Å²) in [7, 11) is 0. The van der Waals surface area contributed by atoms with E-state index < -0.39 is 0 Å². The van der Waals surface area contributed by atoms with E-state index in [0.717, 1.165) is 12.8 Å². The molecule has 5 heteroatoms. The van der Waals surface area contributed by atoms with Crippen molar-refractivity contribution in [2.45, 2.75) is 43.0 Å². The molecule has 2 unspecified atom stereocenters. The number of carbonyl (C=O) groups excluding carboxylic acids is 1. The van der Waals surface area contributed by atoms with Gasteiger partial charge < -0.3 is 10.1 Å². The fraction of sp³-hybridized carbons (Fsp3) is 0.533. The Morgan fingerprint density at radius 1 is 1.25 bits per heavy atom. The van der Waals surface area contributed by atoms with Crippen LogP contribution in [0.15, 0.2) is 24.3 Å². The monoisotopic (exact) mass is 359 g/mol. The lowest BCUT2D eigenvalue weighted by molar-refractivity contribution is -0.123. The van der Waals surface area contributed by atoms with Crippen molar-refractivity contribution >= 4 is 33.4 Å². The van der Waals surface area contributed by atoms with E-state index in [-0.39, 0.29) is 18.6 Å². The zero-order valence-electron chi connectivity index (χ0n) is 11.3. The molecule has 110 valence electrons. The fourth-order valence-corrected chi connectivity index (χ4v) is 3.20. The Morgan fingerprint density at radius 2 is 1.95 bits per heavy atom. The molecule has 2 rings (SSSR count). The third-order valence-corrected chi connectivity index (χ3v) is 4.81. The summed E-state index contributed by atoms with van der Waals surface area (Å²) in [6, 6.07) is 7.21. The summed E-state index contributed by atoms with van der Waals surface area (Å²) < 4.78 is 5.44. The Labute approximate surface area is 133 Å². The maximum absolute atomic E-state index is 11.9. The van der Waals surface area contributed by atoms with Crippen LogP contribution < -0.4 is 10.1 Å². The van der Waals surface area contributed by atoms with Gasteiger partial charge in [-0.05, 0) is 37.1 Å². The second-order valence-electron chi connectivity index (χ2n) is 5.07. The van der Waals surface area contributed by atoms with Crippen LogP contribution in [0.1, 0.15) is 32.1 Å². The van der Waals surface area contributed by atoms with Crippen LogP contribution in [0.3, 0.4) is 0 Å². The molecule has 1 aliphatic carbocycles. The first-order valence-corrected chi connectivity index (χ1v) is 8.26. The first-order chi connectivity index (χ1) is 9.65. The van der Waals surface area contributed by atoms with Gasteiger partial charge in [0.05, 0.1) is 0 Å². The predicted octanol–water partition coefficient (Wildman–Crippen LogP) is 3.93. The molecule has 1 N–H and O–H groups in total. The average Bonchev–Trinajstić information content (AvgIpc) is 2.64. The number of carbonyl (C=O) groups is 1. The van der Waals surface area contributed by atoms with Gasteiger partial charge in [-0.1, -0.05) is 46.8 Å². The lowest BCUT2D eigenvalue weighted by atomic mass is 10.1. The normalized spacial score (nSPS) is 22.9. The number of halogens is 2. The summed E-state index contributed by atoms with van der Waals surface area (Å²) in [5, 5.41) is 3.71. The highest BCUT2D eigenvalue weighted by molar-refractivity contribution is 9.09. The standard InChI is InChI=1S/C15H19BrClNO2/c16-13-4-2-1-3-5-14(13)18-15(19)10-20-12-8-6-11(17)7-9-12/h6-9,13-14H,1-5,10H2,(H,18,19). The lowest BCUT2D eigenvalue weighted by Crippen LogP contribution is -2.42.